The van der Waals surface area contributed by atoms with Gasteiger partial charge in [0, 0.05) is 10.9 Å². The van der Waals surface area contributed by atoms with E-state index < -0.39 is 5.97 Å². The Balaban J connectivity index is 2.06. The number of carbonyl (C=O) groups excluding carboxylic acids is 2. The molecule has 1 N–H and O–H groups in total. The first-order chi connectivity index (χ1) is 11.2. The van der Waals surface area contributed by atoms with E-state index in [0.29, 0.717) is 22.3 Å². The molecule has 1 heterocycles. The molecule has 23 heavy (non-hydrogen) atoms. The molecule has 0 fully saturated rings. The molecule has 3 aromatic rings. The molecule has 2 aromatic carbocycles. The lowest BCUT2D eigenvalue weighted by Gasteiger charge is -2.05. The van der Waals surface area contributed by atoms with Crippen LogP contribution in [0.1, 0.15) is 10.4 Å². The van der Waals surface area contributed by atoms with E-state index >= 15 is 0 Å². The highest BCUT2D eigenvalue weighted by Crippen LogP contribution is 2.33. The van der Waals surface area contributed by atoms with Crippen molar-refractivity contribution in [1.82, 2.24) is 5.32 Å². The fourth-order valence-corrected chi connectivity index (χ4v) is 2.38. The standard InChI is InChI=1S/C18H15NO4/c1-22-15(20)11-19-18(21)16-13-9-5-6-10-14(13)23-17(16)12-7-3-2-4-8-12/h2-10H,11H2,1H3,(H,19,21). The van der Waals surface area contributed by atoms with Crippen LogP contribution in [0, 0.1) is 0 Å². The molecule has 0 aliphatic heterocycles. The molecule has 1 amide bonds. The molecule has 0 spiro atoms. The van der Waals surface area contributed by atoms with Crippen molar-refractivity contribution in [2.75, 3.05) is 13.7 Å². The van der Waals surface area contributed by atoms with Gasteiger partial charge in [0.2, 0.25) is 0 Å². The lowest BCUT2D eigenvalue weighted by molar-refractivity contribution is -0.139. The van der Waals surface area contributed by atoms with E-state index in [1.54, 1.807) is 6.07 Å². The van der Waals surface area contributed by atoms with Gasteiger partial charge in [0.15, 0.2) is 0 Å². The number of para-hydroxylation sites is 1. The number of hydrogen-bond donors (Lipinski definition) is 1. The average molecular weight is 309 g/mol. The molecule has 116 valence electrons. The molecule has 0 unspecified atom stereocenters. The van der Waals surface area contributed by atoms with Crippen LogP contribution in [0.3, 0.4) is 0 Å². The number of rotatable bonds is 4. The van der Waals surface area contributed by atoms with Crippen LogP contribution in [0.4, 0.5) is 0 Å². The lowest BCUT2D eigenvalue weighted by atomic mass is 10.0. The smallest absolute Gasteiger partial charge is 0.325 e. The van der Waals surface area contributed by atoms with Gasteiger partial charge < -0.3 is 14.5 Å². The Bertz CT molecular complexity index is 852. The quantitative estimate of drug-likeness (QED) is 0.752. The summed E-state index contributed by atoms with van der Waals surface area (Å²) in [6, 6.07) is 16.7. The number of amides is 1. The van der Waals surface area contributed by atoms with E-state index in [2.05, 4.69) is 10.1 Å². The molecule has 0 saturated heterocycles. The van der Waals surface area contributed by atoms with Crippen molar-refractivity contribution in [2.45, 2.75) is 0 Å². The highest BCUT2D eigenvalue weighted by Gasteiger charge is 2.22. The van der Waals surface area contributed by atoms with Gasteiger partial charge in [0.25, 0.3) is 5.91 Å². The molecular formula is C18H15NO4. The summed E-state index contributed by atoms with van der Waals surface area (Å²) in [5, 5.41) is 3.27. The van der Waals surface area contributed by atoms with Crippen LogP contribution in [-0.2, 0) is 9.53 Å². The van der Waals surface area contributed by atoms with Crippen LogP contribution in [0.25, 0.3) is 22.3 Å². The van der Waals surface area contributed by atoms with Crippen LogP contribution >= 0.6 is 0 Å². The number of esters is 1. The third-order valence-corrected chi connectivity index (χ3v) is 3.48. The Labute approximate surface area is 132 Å². The molecule has 3 rings (SSSR count). The second-order valence-electron chi connectivity index (χ2n) is 4.93. The van der Waals surface area contributed by atoms with Crippen molar-refractivity contribution in [3.63, 3.8) is 0 Å². The third kappa shape index (κ3) is 2.94. The first kappa shape index (κ1) is 14.8. The van der Waals surface area contributed by atoms with Crippen LogP contribution in [0.5, 0.6) is 0 Å². The van der Waals surface area contributed by atoms with Gasteiger partial charge in [-0.15, -0.1) is 0 Å². The summed E-state index contributed by atoms with van der Waals surface area (Å²) in [7, 11) is 1.27. The Kier molecular flexibility index (Phi) is 4.10. The predicted octanol–water partition coefficient (Wildman–Crippen LogP) is 3.00. The molecule has 0 saturated carbocycles. The van der Waals surface area contributed by atoms with Crippen molar-refractivity contribution in [3.8, 4) is 11.3 Å². The van der Waals surface area contributed by atoms with E-state index in [1.165, 1.54) is 7.11 Å². The molecule has 5 heteroatoms. The van der Waals surface area contributed by atoms with Crippen molar-refractivity contribution in [1.29, 1.82) is 0 Å². The lowest BCUT2D eigenvalue weighted by Crippen LogP contribution is -2.30. The van der Waals surface area contributed by atoms with Crippen LogP contribution < -0.4 is 5.32 Å². The van der Waals surface area contributed by atoms with E-state index in [0.717, 1.165) is 5.56 Å². The van der Waals surface area contributed by atoms with Crippen LogP contribution in [0.15, 0.2) is 59.0 Å². The minimum atomic E-state index is -0.507. The summed E-state index contributed by atoms with van der Waals surface area (Å²) in [6.07, 6.45) is 0. The number of furan rings is 1. The number of hydrogen-bond acceptors (Lipinski definition) is 4. The highest BCUT2D eigenvalue weighted by atomic mass is 16.5. The van der Waals surface area contributed by atoms with Gasteiger partial charge in [0.1, 0.15) is 17.9 Å². The zero-order valence-electron chi connectivity index (χ0n) is 12.5. The second-order valence-corrected chi connectivity index (χ2v) is 4.93. The van der Waals surface area contributed by atoms with Gasteiger partial charge in [-0.25, -0.2) is 0 Å². The zero-order chi connectivity index (χ0) is 16.2. The minimum absolute atomic E-state index is 0.191. The maximum Gasteiger partial charge on any atom is 0.325 e. The SMILES string of the molecule is COC(=O)CNC(=O)c1c(-c2ccccc2)oc2ccccc12. The Morgan fingerprint density at radius 2 is 1.74 bits per heavy atom. The topological polar surface area (TPSA) is 68.5 Å². The second kappa shape index (κ2) is 6.36. The van der Waals surface area contributed by atoms with Crippen molar-refractivity contribution < 1.29 is 18.7 Å². The first-order valence-corrected chi connectivity index (χ1v) is 7.12. The van der Waals surface area contributed by atoms with Crippen LogP contribution in [0.2, 0.25) is 0 Å². The molecule has 0 aliphatic rings. The van der Waals surface area contributed by atoms with Gasteiger partial charge in [-0.05, 0) is 6.07 Å². The summed E-state index contributed by atoms with van der Waals surface area (Å²) in [4.78, 5) is 23.8. The van der Waals surface area contributed by atoms with E-state index in [-0.39, 0.29) is 12.5 Å². The van der Waals surface area contributed by atoms with E-state index in [4.69, 9.17) is 4.42 Å². The van der Waals surface area contributed by atoms with Gasteiger partial charge >= 0.3 is 5.97 Å². The maximum atomic E-state index is 12.6. The zero-order valence-corrected chi connectivity index (χ0v) is 12.5. The number of ether oxygens (including phenoxy) is 1. The minimum Gasteiger partial charge on any atom is -0.468 e. The Hall–Kier alpha value is -3.08. The summed E-state index contributed by atoms with van der Waals surface area (Å²) in [5.41, 5.74) is 1.83. The molecule has 1 aromatic heterocycles. The monoisotopic (exact) mass is 309 g/mol. The Morgan fingerprint density at radius 1 is 1.04 bits per heavy atom. The maximum absolute atomic E-state index is 12.6. The van der Waals surface area contributed by atoms with Gasteiger partial charge in [-0.3, -0.25) is 9.59 Å². The number of benzene rings is 2. The molecular weight excluding hydrogens is 294 g/mol. The van der Waals surface area contributed by atoms with Crippen molar-refractivity contribution in [2.24, 2.45) is 0 Å². The van der Waals surface area contributed by atoms with E-state index in [1.807, 2.05) is 48.5 Å². The molecule has 5 nitrogen and oxygen atoms in total. The predicted molar refractivity (Wildman–Crippen MR) is 86.0 cm³/mol. The van der Waals surface area contributed by atoms with Crippen LogP contribution in [-0.4, -0.2) is 25.5 Å². The number of carbonyl (C=O) groups is 2. The largest absolute Gasteiger partial charge is 0.468 e. The normalized spacial score (nSPS) is 10.5. The van der Waals surface area contributed by atoms with Gasteiger partial charge in [0.05, 0.1) is 12.7 Å². The highest BCUT2D eigenvalue weighted by molar-refractivity contribution is 6.11. The van der Waals surface area contributed by atoms with Crippen molar-refractivity contribution >= 4 is 22.8 Å². The molecule has 0 radical (unpaired) electrons. The first-order valence-electron chi connectivity index (χ1n) is 7.12. The molecule has 0 bridgehead atoms. The fraction of sp³-hybridized carbons (Fsp3) is 0.111. The molecule has 0 aliphatic carbocycles. The fourth-order valence-electron chi connectivity index (χ4n) is 2.38. The number of fused-ring (bicyclic) bond motifs is 1. The van der Waals surface area contributed by atoms with Crippen molar-refractivity contribution in [3.05, 3.63) is 60.2 Å². The summed E-state index contributed by atoms with van der Waals surface area (Å²) < 4.78 is 10.4. The summed E-state index contributed by atoms with van der Waals surface area (Å²) in [6.45, 7) is -0.191. The number of methoxy groups -OCH3 is 1. The number of nitrogens with one attached hydrogen (secondary N) is 1. The third-order valence-electron chi connectivity index (χ3n) is 3.48. The summed E-state index contributed by atoms with van der Waals surface area (Å²) >= 11 is 0. The molecule has 0 atom stereocenters. The van der Waals surface area contributed by atoms with Gasteiger partial charge in [-0.2, -0.15) is 0 Å². The Morgan fingerprint density at radius 3 is 2.48 bits per heavy atom. The average Bonchev–Trinajstić information content (AvgIpc) is 2.99. The summed E-state index contributed by atoms with van der Waals surface area (Å²) in [5.74, 6) is -0.402. The van der Waals surface area contributed by atoms with E-state index in [9.17, 15) is 9.59 Å². The van der Waals surface area contributed by atoms with Gasteiger partial charge in [-0.1, -0.05) is 48.5 Å².